The zero-order valence-corrected chi connectivity index (χ0v) is 8.93. The Kier molecular flexibility index (Phi) is 3.90. The van der Waals surface area contributed by atoms with E-state index < -0.39 is 10.8 Å². The molecule has 0 N–H and O–H groups in total. The summed E-state index contributed by atoms with van der Waals surface area (Å²) in [6, 6.07) is 0. The van der Waals surface area contributed by atoms with Gasteiger partial charge in [0, 0.05) is 24.0 Å². The molecule has 0 bridgehead atoms. The standard InChI is InChI=1S/C9H16O3S/c1-7(10)12-8-5-3-4-6-9(8)13(2)11/h8-9H,3-6H2,1-2H3/t8?,9-,13+/m0/s1. The largest absolute Gasteiger partial charge is 0.461 e. The highest BCUT2D eigenvalue weighted by Gasteiger charge is 2.30. The van der Waals surface area contributed by atoms with Crippen molar-refractivity contribution in [2.24, 2.45) is 0 Å². The molecule has 1 unspecified atom stereocenters. The molecule has 1 fully saturated rings. The van der Waals surface area contributed by atoms with E-state index in [4.69, 9.17) is 4.74 Å². The molecule has 0 aromatic heterocycles. The molecule has 1 rings (SSSR count). The molecule has 4 heteroatoms. The van der Waals surface area contributed by atoms with Crippen LogP contribution in [0.2, 0.25) is 0 Å². The molecule has 13 heavy (non-hydrogen) atoms. The van der Waals surface area contributed by atoms with Gasteiger partial charge in [-0.25, -0.2) is 0 Å². The molecule has 0 heterocycles. The minimum atomic E-state index is -0.876. The summed E-state index contributed by atoms with van der Waals surface area (Å²) in [6.45, 7) is 1.41. The van der Waals surface area contributed by atoms with E-state index in [0.717, 1.165) is 25.7 Å². The lowest BCUT2D eigenvalue weighted by Crippen LogP contribution is -2.36. The van der Waals surface area contributed by atoms with Crippen LogP contribution in [0.25, 0.3) is 0 Å². The molecule has 76 valence electrons. The number of hydrogen-bond acceptors (Lipinski definition) is 3. The highest BCUT2D eigenvalue weighted by Crippen LogP contribution is 2.24. The first-order valence-corrected chi connectivity index (χ1v) is 6.23. The predicted octanol–water partition coefficient (Wildman–Crippen LogP) is 1.24. The van der Waals surface area contributed by atoms with E-state index in [1.807, 2.05) is 0 Å². The van der Waals surface area contributed by atoms with Crippen LogP contribution in [0.5, 0.6) is 0 Å². The summed E-state index contributed by atoms with van der Waals surface area (Å²) in [5, 5.41) is 0.0534. The Balaban J connectivity index is 2.56. The molecule has 0 saturated heterocycles. The van der Waals surface area contributed by atoms with Gasteiger partial charge in [0.15, 0.2) is 0 Å². The lowest BCUT2D eigenvalue weighted by Gasteiger charge is -2.29. The van der Waals surface area contributed by atoms with Crippen LogP contribution >= 0.6 is 0 Å². The van der Waals surface area contributed by atoms with Crippen LogP contribution in [0.1, 0.15) is 32.6 Å². The van der Waals surface area contributed by atoms with Gasteiger partial charge >= 0.3 is 5.97 Å². The van der Waals surface area contributed by atoms with Crippen LogP contribution in [0.4, 0.5) is 0 Å². The monoisotopic (exact) mass is 204 g/mol. The van der Waals surface area contributed by atoms with Gasteiger partial charge in [-0.3, -0.25) is 9.00 Å². The normalized spacial score (nSPS) is 30.9. The Labute approximate surface area is 81.3 Å². The first-order chi connectivity index (χ1) is 6.11. The van der Waals surface area contributed by atoms with Crippen molar-refractivity contribution in [3.05, 3.63) is 0 Å². The lowest BCUT2D eigenvalue weighted by atomic mass is 9.97. The minimum absolute atomic E-state index is 0.0534. The van der Waals surface area contributed by atoms with Gasteiger partial charge in [0.2, 0.25) is 0 Å². The average Bonchev–Trinajstić information content (AvgIpc) is 2.03. The number of esters is 1. The molecule has 0 aliphatic heterocycles. The number of rotatable bonds is 2. The Morgan fingerprint density at radius 2 is 2.00 bits per heavy atom. The fourth-order valence-electron chi connectivity index (χ4n) is 1.79. The van der Waals surface area contributed by atoms with Crippen molar-refractivity contribution in [2.45, 2.75) is 44.0 Å². The average molecular weight is 204 g/mol. The molecule has 3 atom stereocenters. The van der Waals surface area contributed by atoms with Gasteiger partial charge < -0.3 is 4.74 Å². The summed E-state index contributed by atoms with van der Waals surface area (Å²) >= 11 is 0. The second-order valence-corrected chi connectivity index (χ2v) is 5.07. The molecule has 3 nitrogen and oxygen atoms in total. The fraction of sp³-hybridized carbons (Fsp3) is 0.889. The molecule has 0 radical (unpaired) electrons. The van der Waals surface area contributed by atoms with Gasteiger partial charge in [-0.2, -0.15) is 0 Å². The number of carbonyl (C=O) groups excluding carboxylic acids is 1. The summed E-state index contributed by atoms with van der Waals surface area (Å²) in [5.41, 5.74) is 0. The first kappa shape index (κ1) is 10.7. The van der Waals surface area contributed by atoms with Gasteiger partial charge in [0.05, 0.1) is 5.25 Å². The van der Waals surface area contributed by atoms with Crippen LogP contribution < -0.4 is 0 Å². The van der Waals surface area contributed by atoms with Crippen molar-refractivity contribution in [3.8, 4) is 0 Å². The summed E-state index contributed by atoms with van der Waals surface area (Å²) < 4.78 is 16.4. The molecule has 1 saturated carbocycles. The van der Waals surface area contributed by atoms with Crippen LogP contribution in [0.3, 0.4) is 0 Å². The maximum absolute atomic E-state index is 11.3. The molecule has 1 aliphatic rings. The lowest BCUT2D eigenvalue weighted by molar-refractivity contribution is -0.147. The summed E-state index contributed by atoms with van der Waals surface area (Å²) in [5.74, 6) is -0.262. The van der Waals surface area contributed by atoms with Gasteiger partial charge in [-0.1, -0.05) is 6.42 Å². The fourth-order valence-corrected chi connectivity index (χ4v) is 2.91. The molecule has 0 aromatic carbocycles. The minimum Gasteiger partial charge on any atom is -0.461 e. The van der Waals surface area contributed by atoms with Crippen LogP contribution in [0.15, 0.2) is 0 Å². The zero-order chi connectivity index (χ0) is 9.84. The molecular weight excluding hydrogens is 188 g/mol. The second-order valence-electron chi connectivity index (χ2n) is 3.47. The number of carbonyl (C=O) groups is 1. The van der Waals surface area contributed by atoms with Crippen molar-refractivity contribution < 1.29 is 13.7 Å². The summed E-state index contributed by atoms with van der Waals surface area (Å²) in [7, 11) is -0.876. The Hall–Kier alpha value is -0.380. The van der Waals surface area contributed by atoms with Crippen molar-refractivity contribution in [1.82, 2.24) is 0 Å². The maximum atomic E-state index is 11.3. The van der Waals surface area contributed by atoms with Crippen molar-refractivity contribution in [2.75, 3.05) is 6.26 Å². The third-order valence-electron chi connectivity index (χ3n) is 2.39. The predicted molar refractivity (Wildman–Crippen MR) is 51.9 cm³/mol. The molecule has 0 spiro atoms. The topological polar surface area (TPSA) is 43.4 Å². The highest BCUT2D eigenvalue weighted by molar-refractivity contribution is 7.84. The van der Waals surface area contributed by atoms with Crippen LogP contribution in [0, 0.1) is 0 Å². The third kappa shape index (κ3) is 3.10. The first-order valence-electron chi connectivity index (χ1n) is 4.60. The van der Waals surface area contributed by atoms with Crippen LogP contribution in [-0.4, -0.2) is 27.8 Å². The quantitative estimate of drug-likeness (QED) is 0.636. The second kappa shape index (κ2) is 4.74. The van der Waals surface area contributed by atoms with Gasteiger partial charge in [0.1, 0.15) is 6.10 Å². The smallest absolute Gasteiger partial charge is 0.302 e. The van der Waals surface area contributed by atoms with Crippen molar-refractivity contribution in [1.29, 1.82) is 0 Å². The summed E-state index contributed by atoms with van der Waals surface area (Å²) in [6.07, 6.45) is 5.53. The Morgan fingerprint density at radius 1 is 1.38 bits per heavy atom. The van der Waals surface area contributed by atoms with E-state index in [1.165, 1.54) is 6.92 Å². The van der Waals surface area contributed by atoms with Gasteiger partial charge in [-0.15, -0.1) is 0 Å². The van der Waals surface area contributed by atoms with Gasteiger partial charge in [0.25, 0.3) is 0 Å². The molecule has 0 aromatic rings. The van der Waals surface area contributed by atoms with Crippen LogP contribution in [-0.2, 0) is 20.3 Å². The van der Waals surface area contributed by atoms with E-state index in [1.54, 1.807) is 6.26 Å². The summed E-state index contributed by atoms with van der Waals surface area (Å²) in [4.78, 5) is 10.8. The van der Waals surface area contributed by atoms with Crippen molar-refractivity contribution in [3.63, 3.8) is 0 Å². The number of hydrogen-bond donors (Lipinski definition) is 0. The third-order valence-corrected chi connectivity index (χ3v) is 3.78. The number of ether oxygens (including phenoxy) is 1. The SMILES string of the molecule is CC(=O)OC1CCCC[C@@H]1[S@@](C)=O. The maximum Gasteiger partial charge on any atom is 0.302 e. The molecule has 0 amide bonds. The van der Waals surface area contributed by atoms with Gasteiger partial charge in [-0.05, 0) is 19.3 Å². The van der Waals surface area contributed by atoms with Crippen molar-refractivity contribution >= 4 is 16.8 Å². The van der Waals surface area contributed by atoms with E-state index in [-0.39, 0.29) is 17.3 Å². The van der Waals surface area contributed by atoms with E-state index >= 15 is 0 Å². The Morgan fingerprint density at radius 3 is 2.54 bits per heavy atom. The molecular formula is C9H16O3S. The Bertz CT molecular complexity index is 215. The highest BCUT2D eigenvalue weighted by atomic mass is 32.2. The van der Waals surface area contributed by atoms with E-state index in [2.05, 4.69) is 0 Å². The zero-order valence-electron chi connectivity index (χ0n) is 8.12. The van der Waals surface area contributed by atoms with E-state index in [9.17, 15) is 9.00 Å². The molecule has 1 aliphatic carbocycles. The van der Waals surface area contributed by atoms with E-state index in [0.29, 0.717) is 0 Å².